The predicted molar refractivity (Wildman–Crippen MR) is 273 cm³/mol. The van der Waals surface area contributed by atoms with Gasteiger partial charge in [-0.05, 0) is 125 Å². The van der Waals surface area contributed by atoms with E-state index in [1.165, 1.54) is 120 Å². The first-order valence-corrected chi connectivity index (χ1v) is 23.2. The minimum atomic E-state index is -0.0141. The summed E-state index contributed by atoms with van der Waals surface area (Å²) in [7, 11) is 0. The van der Waals surface area contributed by atoms with Gasteiger partial charge in [-0.2, -0.15) is 0 Å². The topological polar surface area (TPSA) is 3.24 Å². The lowest BCUT2D eigenvalue weighted by Crippen LogP contribution is -2.17. The van der Waals surface area contributed by atoms with E-state index in [0.717, 1.165) is 11.4 Å². The van der Waals surface area contributed by atoms with E-state index < -0.39 is 0 Å². The first-order chi connectivity index (χ1) is 30.5. The summed E-state index contributed by atoms with van der Waals surface area (Å²) in [6.45, 7) is 14.0. The molecule has 63 heavy (non-hydrogen) atoms. The summed E-state index contributed by atoms with van der Waals surface area (Å²) in [5.41, 5.74) is 15.1. The average Bonchev–Trinajstić information content (AvgIpc) is 3.31. The van der Waals surface area contributed by atoms with Crippen LogP contribution >= 0.6 is 0 Å². The van der Waals surface area contributed by atoms with Crippen molar-refractivity contribution in [1.82, 2.24) is 0 Å². The van der Waals surface area contributed by atoms with E-state index in [9.17, 15) is 0 Å². The number of nitrogens with zero attached hydrogens (tertiary/aromatic N) is 1. The first-order valence-electron chi connectivity index (χ1n) is 23.2. The fourth-order valence-electron chi connectivity index (χ4n) is 10.3. The Bertz CT molecular complexity index is 3090. The van der Waals surface area contributed by atoms with Crippen LogP contribution in [0.5, 0.6) is 0 Å². The van der Waals surface area contributed by atoms with E-state index in [0.29, 0.717) is 5.92 Å². The zero-order valence-corrected chi connectivity index (χ0v) is 37.9. The molecule has 0 spiro atoms. The van der Waals surface area contributed by atoms with E-state index in [4.69, 9.17) is 0 Å². The monoisotopic (exact) mass is 817 g/mol. The molecule has 9 aromatic carbocycles. The minimum Gasteiger partial charge on any atom is -0.309 e. The zero-order valence-electron chi connectivity index (χ0n) is 37.9. The van der Waals surface area contributed by atoms with E-state index in [2.05, 4.69) is 228 Å². The molecular weight excluding hydrogens is 759 g/mol. The molecule has 1 fully saturated rings. The SMILES string of the molecule is CC(C)(C)c1cc(-c2ccccc2N(c2cccc(-c3cccc4c3ccc3ccccc34)c2)c2ccccc2-c2cccc3cccc(C4CCCCC4)c23)cc(C(C)(C)C)c1. The van der Waals surface area contributed by atoms with Crippen molar-refractivity contribution in [1.29, 1.82) is 0 Å². The summed E-state index contributed by atoms with van der Waals surface area (Å²) in [5, 5.41) is 7.81. The summed E-state index contributed by atoms with van der Waals surface area (Å²) in [5.74, 6) is 0.578. The highest BCUT2D eigenvalue weighted by molar-refractivity contribution is 6.12. The lowest BCUT2D eigenvalue weighted by Gasteiger charge is -2.32. The van der Waals surface area contributed by atoms with Crippen LogP contribution in [0.15, 0.2) is 182 Å². The molecule has 0 heterocycles. The standard InChI is InChI=1S/C62H59N/c1-61(2,3)47-38-46(39-48(41-47)62(4,5)6)52-28-12-14-34-58(52)63(49-26-16-25-45(40-49)51-30-19-32-54-50-27-11-10-22-43(50)36-37-55(51)54)59-35-15-13-29-56(59)57-33-18-24-44-23-17-31-53(60(44)57)42-20-8-7-9-21-42/h10-19,22-42H,7-9,20-21H2,1-6H3. The molecule has 0 amide bonds. The van der Waals surface area contributed by atoms with Gasteiger partial charge in [0.25, 0.3) is 0 Å². The molecule has 0 unspecified atom stereocenters. The van der Waals surface area contributed by atoms with Crippen molar-refractivity contribution in [2.75, 3.05) is 4.90 Å². The molecule has 1 aliphatic rings. The van der Waals surface area contributed by atoms with Gasteiger partial charge in [0, 0.05) is 16.8 Å². The van der Waals surface area contributed by atoms with Gasteiger partial charge < -0.3 is 4.90 Å². The van der Waals surface area contributed by atoms with Crippen molar-refractivity contribution in [3.8, 4) is 33.4 Å². The van der Waals surface area contributed by atoms with Gasteiger partial charge in [0.1, 0.15) is 0 Å². The molecule has 0 aliphatic heterocycles. The van der Waals surface area contributed by atoms with Crippen LogP contribution in [0.1, 0.15) is 96.3 Å². The lowest BCUT2D eigenvalue weighted by molar-refractivity contribution is 0.445. The van der Waals surface area contributed by atoms with E-state index >= 15 is 0 Å². The highest BCUT2D eigenvalue weighted by atomic mass is 15.1. The van der Waals surface area contributed by atoms with Crippen molar-refractivity contribution in [2.24, 2.45) is 0 Å². The number of benzene rings is 9. The molecule has 9 aromatic rings. The molecule has 1 saturated carbocycles. The molecule has 0 atom stereocenters. The van der Waals surface area contributed by atoms with Gasteiger partial charge >= 0.3 is 0 Å². The van der Waals surface area contributed by atoms with E-state index in [-0.39, 0.29) is 10.8 Å². The Morgan fingerprint density at radius 3 is 1.71 bits per heavy atom. The number of fused-ring (bicyclic) bond motifs is 4. The lowest BCUT2D eigenvalue weighted by atomic mass is 9.78. The van der Waals surface area contributed by atoms with Crippen molar-refractivity contribution in [3.05, 3.63) is 199 Å². The van der Waals surface area contributed by atoms with Crippen LogP contribution in [-0.4, -0.2) is 0 Å². The minimum absolute atomic E-state index is 0.0141. The summed E-state index contributed by atoms with van der Waals surface area (Å²) in [4.78, 5) is 2.55. The smallest absolute Gasteiger partial charge is 0.0540 e. The van der Waals surface area contributed by atoms with Crippen LogP contribution in [0.3, 0.4) is 0 Å². The Morgan fingerprint density at radius 2 is 0.968 bits per heavy atom. The molecule has 0 N–H and O–H groups in total. The number of para-hydroxylation sites is 2. The molecule has 1 aliphatic carbocycles. The molecule has 0 radical (unpaired) electrons. The molecule has 0 bridgehead atoms. The quantitative estimate of drug-likeness (QED) is 0.145. The molecule has 0 saturated heterocycles. The van der Waals surface area contributed by atoms with Crippen LogP contribution < -0.4 is 4.90 Å². The zero-order chi connectivity index (χ0) is 43.3. The maximum atomic E-state index is 2.55. The second-order valence-corrected chi connectivity index (χ2v) is 20.0. The molecule has 10 rings (SSSR count). The molecule has 312 valence electrons. The average molecular weight is 818 g/mol. The van der Waals surface area contributed by atoms with Crippen LogP contribution in [0.4, 0.5) is 17.1 Å². The van der Waals surface area contributed by atoms with Crippen LogP contribution in [-0.2, 0) is 10.8 Å². The fourth-order valence-corrected chi connectivity index (χ4v) is 10.3. The van der Waals surface area contributed by atoms with Crippen LogP contribution in [0.2, 0.25) is 0 Å². The molecular formula is C62H59N. The maximum absolute atomic E-state index is 2.55. The highest BCUT2D eigenvalue weighted by Crippen LogP contribution is 2.49. The third-order valence-electron chi connectivity index (χ3n) is 13.7. The van der Waals surface area contributed by atoms with Gasteiger partial charge in [-0.1, -0.05) is 219 Å². The summed E-state index contributed by atoms with van der Waals surface area (Å²) < 4.78 is 0. The summed E-state index contributed by atoms with van der Waals surface area (Å²) >= 11 is 0. The normalized spacial score (nSPS) is 13.8. The van der Waals surface area contributed by atoms with Gasteiger partial charge in [-0.15, -0.1) is 0 Å². The summed E-state index contributed by atoms with van der Waals surface area (Å²) in [6.07, 6.45) is 6.47. The highest BCUT2D eigenvalue weighted by Gasteiger charge is 2.26. The number of hydrogen-bond acceptors (Lipinski definition) is 1. The first kappa shape index (κ1) is 40.6. The van der Waals surface area contributed by atoms with Crippen molar-refractivity contribution in [3.63, 3.8) is 0 Å². The van der Waals surface area contributed by atoms with Crippen molar-refractivity contribution < 1.29 is 0 Å². The van der Waals surface area contributed by atoms with Gasteiger partial charge in [-0.25, -0.2) is 0 Å². The van der Waals surface area contributed by atoms with Gasteiger partial charge in [0.2, 0.25) is 0 Å². The maximum Gasteiger partial charge on any atom is 0.0540 e. The summed E-state index contributed by atoms with van der Waals surface area (Å²) in [6, 6.07) is 68.9. The Labute approximate surface area is 375 Å². The predicted octanol–water partition coefficient (Wildman–Crippen LogP) is 18.3. The fraction of sp³-hybridized carbons (Fsp3) is 0.226. The third-order valence-corrected chi connectivity index (χ3v) is 13.7. The van der Waals surface area contributed by atoms with Crippen LogP contribution in [0, 0.1) is 0 Å². The van der Waals surface area contributed by atoms with Crippen molar-refractivity contribution >= 4 is 49.4 Å². The molecule has 1 heteroatoms. The Kier molecular flexibility index (Phi) is 10.5. The second kappa shape index (κ2) is 16.4. The van der Waals surface area contributed by atoms with E-state index in [1.807, 2.05) is 0 Å². The second-order valence-electron chi connectivity index (χ2n) is 20.0. The number of anilines is 3. The Morgan fingerprint density at radius 1 is 0.397 bits per heavy atom. The number of hydrogen-bond donors (Lipinski definition) is 0. The van der Waals surface area contributed by atoms with Gasteiger partial charge in [0.05, 0.1) is 11.4 Å². The van der Waals surface area contributed by atoms with Gasteiger partial charge in [0.15, 0.2) is 0 Å². The number of rotatable bonds is 7. The molecule has 1 nitrogen and oxygen atoms in total. The van der Waals surface area contributed by atoms with Gasteiger partial charge in [-0.3, -0.25) is 0 Å². The Balaban J connectivity index is 1.24. The van der Waals surface area contributed by atoms with E-state index in [1.54, 1.807) is 0 Å². The molecule has 0 aromatic heterocycles. The third kappa shape index (κ3) is 7.73. The van der Waals surface area contributed by atoms with Crippen molar-refractivity contribution in [2.45, 2.75) is 90.4 Å². The largest absolute Gasteiger partial charge is 0.309 e. The van der Waals surface area contributed by atoms with Crippen LogP contribution in [0.25, 0.3) is 65.7 Å². The Hall–Kier alpha value is -6.44.